The number of halogens is 2. The molecule has 0 N–H and O–H groups in total. The highest BCUT2D eigenvalue weighted by Crippen LogP contribution is 2.40. The zero-order valence-corrected chi connectivity index (χ0v) is 14.5. The van der Waals surface area contributed by atoms with Gasteiger partial charge in [-0.05, 0) is 17.2 Å². The largest absolute Gasteiger partial charge is 0.306 e. The van der Waals surface area contributed by atoms with Crippen LogP contribution in [0.25, 0.3) is 11.3 Å². The van der Waals surface area contributed by atoms with Crippen LogP contribution in [0.5, 0.6) is 0 Å². The van der Waals surface area contributed by atoms with E-state index in [0.717, 1.165) is 21.3 Å². The Bertz CT molecular complexity index is 888. The SMILES string of the molecule is ClC1(c2ccccc2Br)C=Nc2ncc(-c3ccccc3)n2C1. The molecule has 1 aliphatic heterocycles. The minimum atomic E-state index is -0.697. The first-order chi connectivity index (χ1) is 11.2. The van der Waals surface area contributed by atoms with Gasteiger partial charge in [-0.25, -0.2) is 9.98 Å². The number of nitrogens with zero attached hydrogens (tertiary/aromatic N) is 3. The van der Waals surface area contributed by atoms with Crippen molar-refractivity contribution in [2.75, 3.05) is 0 Å². The molecule has 0 saturated heterocycles. The number of hydrogen-bond donors (Lipinski definition) is 0. The molecule has 1 aliphatic rings. The second kappa shape index (κ2) is 5.62. The van der Waals surface area contributed by atoms with Gasteiger partial charge in [-0.15, -0.1) is 11.6 Å². The molecule has 0 fully saturated rings. The lowest BCUT2D eigenvalue weighted by Crippen LogP contribution is -2.30. The van der Waals surface area contributed by atoms with Gasteiger partial charge in [0.2, 0.25) is 5.95 Å². The molecule has 1 unspecified atom stereocenters. The molecule has 4 rings (SSSR count). The van der Waals surface area contributed by atoms with Crippen LogP contribution in [0, 0.1) is 0 Å². The van der Waals surface area contributed by atoms with Gasteiger partial charge >= 0.3 is 0 Å². The second-order valence-electron chi connectivity index (χ2n) is 5.50. The third kappa shape index (κ3) is 2.52. The second-order valence-corrected chi connectivity index (χ2v) is 7.02. The standard InChI is InChI=1S/C18H13BrClN3/c19-15-9-5-4-8-14(15)18(20)11-22-17-21-10-16(23(17)12-18)13-6-2-1-3-7-13/h1-11H,12H2. The van der Waals surface area contributed by atoms with Crippen molar-refractivity contribution in [1.29, 1.82) is 0 Å². The number of imidazole rings is 1. The van der Waals surface area contributed by atoms with Crippen LogP contribution in [-0.4, -0.2) is 15.8 Å². The average Bonchev–Trinajstić information content (AvgIpc) is 2.98. The van der Waals surface area contributed by atoms with Gasteiger partial charge in [-0.1, -0.05) is 64.5 Å². The Morgan fingerprint density at radius 3 is 2.57 bits per heavy atom. The number of alkyl halides is 1. The Kier molecular flexibility index (Phi) is 3.58. The van der Waals surface area contributed by atoms with Crippen LogP contribution in [0.2, 0.25) is 0 Å². The van der Waals surface area contributed by atoms with Gasteiger partial charge in [0, 0.05) is 10.7 Å². The summed E-state index contributed by atoms with van der Waals surface area (Å²) in [7, 11) is 0. The Morgan fingerprint density at radius 2 is 1.78 bits per heavy atom. The summed E-state index contributed by atoms with van der Waals surface area (Å²) in [4.78, 5) is 8.20. The van der Waals surface area contributed by atoms with Crippen molar-refractivity contribution in [1.82, 2.24) is 9.55 Å². The molecule has 1 atom stereocenters. The molecule has 1 aromatic heterocycles. The van der Waals surface area contributed by atoms with Crippen LogP contribution in [0.3, 0.4) is 0 Å². The number of aliphatic imine (C=N–C) groups is 1. The van der Waals surface area contributed by atoms with Crippen molar-refractivity contribution < 1.29 is 0 Å². The first kappa shape index (κ1) is 14.7. The zero-order valence-electron chi connectivity index (χ0n) is 12.2. The lowest BCUT2D eigenvalue weighted by atomic mass is 9.98. The van der Waals surface area contributed by atoms with Gasteiger partial charge in [-0.2, -0.15) is 0 Å². The van der Waals surface area contributed by atoms with E-state index < -0.39 is 4.87 Å². The van der Waals surface area contributed by atoms with Crippen molar-refractivity contribution in [2.45, 2.75) is 11.4 Å². The van der Waals surface area contributed by atoms with E-state index in [1.165, 1.54) is 0 Å². The molecular weight excluding hydrogens is 374 g/mol. The van der Waals surface area contributed by atoms with E-state index in [9.17, 15) is 0 Å². The maximum Gasteiger partial charge on any atom is 0.229 e. The highest BCUT2D eigenvalue weighted by Gasteiger charge is 2.34. The van der Waals surface area contributed by atoms with Crippen LogP contribution >= 0.6 is 27.5 Å². The molecule has 114 valence electrons. The highest BCUT2D eigenvalue weighted by atomic mass is 79.9. The van der Waals surface area contributed by atoms with E-state index in [1.54, 1.807) is 6.21 Å². The van der Waals surface area contributed by atoms with E-state index in [2.05, 4.69) is 42.6 Å². The molecule has 0 radical (unpaired) electrons. The van der Waals surface area contributed by atoms with Gasteiger partial charge in [-0.3, -0.25) is 0 Å². The molecule has 0 spiro atoms. The molecule has 0 aliphatic carbocycles. The van der Waals surface area contributed by atoms with Crippen molar-refractivity contribution in [2.24, 2.45) is 4.99 Å². The Labute approximate surface area is 147 Å². The molecule has 2 heterocycles. The fraction of sp³-hybridized carbons (Fsp3) is 0.111. The number of hydrogen-bond acceptors (Lipinski definition) is 2. The van der Waals surface area contributed by atoms with E-state index in [-0.39, 0.29) is 0 Å². The Balaban J connectivity index is 1.80. The third-order valence-corrected chi connectivity index (χ3v) is 5.11. The molecule has 5 heteroatoms. The summed E-state index contributed by atoms with van der Waals surface area (Å²) >= 11 is 10.5. The maximum atomic E-state index is 6.92. The number of rotatable bonds is 2. The summed E-state index contributed by atoms with van der Waals surface area (Å²) in [5, 5.41) is 0. The Morgan fingerprint density at radius 1 is 1.04 bits per heavy atom. The van der Waals surface area contributed by atoms with Crippen molar-refractivity contribution in [3.05, 3.63) is 70.8 Å². The van der Waals surface area contributed by atoms with E-state index >= 15 is 0 Å². The summed E-state index contributed by atoms with van der Waals surface area (Å²) in [6.45, 7) is 0.584. The first-order valence-electron chi connectivity index (χ1n) is 7.27. The molecule has 23 heavy (non-hydrogen) atoms. The van der Waals surface area contributed by atoms with Gasteiger partial charge in [0.15, 0.2) is 0 Å². The van der Waals surface area contributed by atoms with Crippen LogP contribution in [0.4, 0.5) is 5.95 Å². The lowest BCUT2D eigenvalue weighted by Gasteiger charge is -2.29. The first-order valence-corrected chi connectivity index (χ1v) is 8.44. The minimum absolute atomic E-state index is 0.584. The van der Waals surface area contributed by atoms with Gasteiger partial charge in [0.25, 0.3) is 0 Å². The van der Waals surface area contributed by atoms with E-state index in [1.807, 2.05) is 48.7 Å². The lowest BCUT2D eigenvalue weighted by molar-refractivity contribution is 0.610. The van der Waals surface area contributed by atoms with Crippen LogP contribution in [-0.2, 0) is 11.4 Å². The topological polar surface area (TPSA) is 30.2 Å². The Hall–Kier alpha value is -1.91. The van der Waals surface area contributed by atoms with Crippen molar-refractivity contribution >= 4 is 39.7 Å². The molecule has 2 aromatic carbocycles. The van der Waals surface area contributed by atoms with Crippen LogP contribution in [0.1, 0.15) is 5.56 Å². The van der Waals surface area contributed by atoms with Crippen LogP contribution < -0.4 is 0 Å². The minimum Gasteiger partial charge on any atom is -0.306 e. The maximum absolute atomic E-state index is 6.92. The smallest absolute Gasteiger partial charge is 0.229 e. The fourth-order valence-corrected chi connectivity index (χ4v) is 3.93. The molecule has 0 bridgehead atoms. The zero-order chi connectivity index (χ0) is 15.9. The monoisotopic (exact) mass is 385 g/mol. The normalized spacial score (nSPS) is 19.6. The van der Waals surface area contributed by atoms with Gasteiger partial charge in [0.1, 0.15) is 4.87 Å². The fourth-order valence-electron chi connectivity index (χ4n) is 2.85. The number of benzene rings is 2. The van der Waals surface area contributed by atoms with E-state index in [0.29, 0.717) is 12.5 Å². The summed E-state index contributed by atoms with van der Waals surface area (Å²) in [5.74, 6) is 0.687. The third-order valence-electron chi connectivity index (χ3n) is 4.00. The predicted molar refractivity (Wildman–Crippen MR) is 97.5 cm³/mol. The van der Waals surface area contributed by atoms with E-state index in [4.69, 9.17) is 11.6 Å². The summed E-state index contributed by atoms with van der Waals surface area (Å²) < 4.78 is 3.05. The van der Waals surface area contributed by atoms with Gasteiger partial charge in [0.05, 0.1) is 18.4 Å². The predicted octanol–water partition coefficient (Wildman–Crippen LogP) is 5.16. The quantitative estimate of drug-likeness (QED) is 0.559. The van der Waals surface area contributed by atoms with Gasteiger partial charge < -0.3 is 4.57 Å². The molecule has 3 nitrogen and oxygen atoms in total. The number of fused-ring (bicyclic) bond motifs is 1. The summed E-state index contributed by atoms with van der Waals surface area (Å²) in [6.07, 6.45) is 3.64. The van der Waals surface area contributed by atoms with Crippen molar-refractivity contribution in [3.8, 4) is 11.3 Å². The van der Waals surface area contributed by atoms with Crippen LogP contribution in [0.15, 0.2) is 70.3 Å². The van der Waals surface area contributed by atoms with Crippen molar-refractivity contribution in [3.63, 3.8) is 0 Å². The summed E-state index contributed by atoms with van der Waals surface area (Å²) in [5.41, 5.74) is 3.13. The molecule has 0 saturated carbocycles. The average molecular weight is 387 g/mol. The molecule has 0 amide bonds. The highest BCUT2D eigenvalue weighted by molar-refractivity contribution is 9.10. The molecular formula is C18H13BrClN3. The summed E-state index contributed by atoms with van der Waals surface area (Å²) in [6, 6.07) is 18.1. The molecule has 3 aromatic rings. The number of aromatic nitrogens is 2.